The fraction of sp³-hybridized carbons (Fsp3) is 0.267. The van der Waals surface area contributed by atoms with Gasteiger partial charge in [0, 0.05) is 23.6 Å². The van der Waals surface area contributed by atoms with E-state index in [1.165, 1.54) is 6.42 Å². The summed E-state index contributed by atoms with van der Waals surface area (Å²) in [5.74, 6) is -0.0679. The molecule has 1 aromatic carbocycles. The smallest absolute Gasteiger partial charge is 0.272 e. The Labute approximate surface area is 112 Å². The number of aromatic nitrogens is 1. The maximum atomic E-state index is 12.3. The molecule has 98 valence electrons. The zero-order valence-electron chi connectivity index (χ0n) is 10.7. The van der Waals surface area contributed by atoms with Crippen LogP contribution in [0.15, 0.2) is 42.6 Å². The first kappa shape index (κ1) is 11.8. The molecule has 0 saturated heterocycles. The van der Waals surface area contributed by atoms with E-state index in [1.54, 1.807) is 12.1 Å². The maximum absolute atomic E-state index is 12.3. The zero-order chi connectivity index (χ0) is 13.2. The van der Waals surface area contributed by atoms with E-state index in [9.17, 15) is 4.79 Å². The van der Waals surface area contributed by atoms with Gasteiger partial charge in [0.25, 0.3) is 5.91 Å². The van der Waals surface area contributed by atoms with Crippen LogP contribution < -0.4 is 11.1 Å². The summed E-state index contributed by atoms with van der Waals surface area (Å²) in [5.41, 5.74) is 7.80. The highest BCUT2D eigenvalue weighted by Gasteiger charge is 2.23. The molecule has 1 heterocycles. The van der Waals surface area contributed by atoms with Crippen molar-refractivity contribution in [3.8, 4) is 0 Å². The van der Waals surface area contributed by atoms with E-state index >= 15 is 0 Å². The van der Waals surface area contributed by atoms with Crippen molar-refractivity contribution in [3.63, 3.8) is 0 Å². The van der Waals surface area contributed by atoms with E-state index in [-0.39, 0.29) is 5.91 Å². The van der Waals surface area contributed by atoms with E-state index in [0.717, 1.165) is 24.2 Å². The number of hydrogen-bond donors (Lipinski definition) is 2. The number of rotatable bonds is 3. The van der Waals surface area contributed by atoms with Crippen LogP contribution in [0.2, 0.25) is 0 Å². The first-order valence-electron chi connectivity index (χ1n) is 6.58. The van der Waals surface area contributed by atoms with Crippen molar-refractivity contribution in [2.75, 3.05) is 11.1 Å². The molecule has 1 aliphatic rings. The highest BCUT2D eigenvalue weighted by atomic mass is 16.1. The zero-order valence-corrected chi connectivity index (χ0v) is 10.7. The summed E-state index contributed by atoms with van der Waals surface area (Å²) in [4.78, 5) is 12.3. The Hall–Kier alpha value is -2.23. The molecule has 3 N–H and O–H groups in total. The molecule has 1 fully saturated rings. The minimum absolute atomic E-state index is 0.0679. The molecule has 0 unspecified atom stereocenters. The van der Waals surface area contributed by atoms with E-state index in [4.69, 9.17) is 5.73 Å². The van der Waals surface area contributed by atoms with Crippen molar-refractivity contribution in [3.05, 3.63) is 48.3 Å². The Bertz CT molecular complexity index is 582. The van der Waals surface area contributed by atoms with Gasteiger partial charge in [-0.2, -0.15) is 0 Å². The van der Waals surface area contributed by atoms with Gasteiger partial charge >= 0.3 is 0 Å². The van der Waals surface area contributed by atoms with Gasteiger partial charge in [-0.25, -0.2) is 0 Å². The molecule has 1 amide bonds. The fourth-order valence-corrected chi connectivity index (χ4v) is 2.33. The van der Waals surface area contributed by atoms with Crippen LogP contribution in [0.1, 0.15) is 35.8 Å². The van der Waals surface area contributed by atoms with Crippen molar-refractivity contribution in [2.24, 2.45) is 0 Å². The molecule has 0 spiro atoms. The lowest BCUT2D eigenvalue weighted by Crippen LogP contribution is -2.23. The maximum Gasteiger partial charge on any atom is 0.272 e. The molecule has 1 saturated carbocycles. The second kappa shape index (κ2) is 4.80. The average Bonchev–Trinajstić information content (AvgIpc) is 2.79. The van der Waals surface area contributed by atoms with Crippen molar-refractivity contribution in [1.29, 1.82) is 0 Å². The van der Waals surface area contributed by atoms with Crippen LogP contribution in [-0.4, -0.2) is 10.5 Å². The monoisotopic (exact) mass is 255 g/mol. The lowest BCUT2D eigenvalue weighted by Gasteiger charge is -2.28. The van der Waals surface area contributed by atoms with Gasteiger partial charge in [0.05, 0.1) is 0 Å². The third-order valence-electron chi connectivity index (χ3n) is 3.65. The molecule has 0 radical (unpaired) electrons. The molecule has 1 aromatic heterocycles. The largest absolute Gasteiger partial charge is 0.399 e. The normalized spacial score (nSPS) is 14.9. The molecular formula is C15H17N3O. The summed E-state index contributed by atoms with van der Waals surface area (Å²) in [7, 11) is 0. The summed E-state index contributed by atoms with van der Waals surface area (Å²) < 4.78 is 2.08. The summed E-state index contributed by atoms with van der Waals surface area (Å²) in [6.45, 7) is 0. The number of anilines is 2. The van der Waals surface area contributed by atoms with Crippen LogP contribution in [0, 0.1) is 0 Å². The Morgan fingerprint density at radius 3 is 2.58 bits per heavy atom. The first-order valence-corrected chi connectivity index (χ1v) is 6.58. The summed E-state index contributed by atoms with van der Waals surface area (Å²) in [5, 5.41) is 2.90. The van der Waals surface area contributed by atoms with Gasteiger partial charge in [-0.15, -0.1) is 0 Å². The number of nitrogens with one attached hydrogen (secondary N) is 1. The SMILES string of the molecule is Nc1ccc(NC(=O)c2cccn2C2CCC2)cc1. The third-order valence-corrected chi connectivity index (χ3v) is 3.65. The highest BCUT2D eigenvalue weighted by Crippen LogP contribution is 2.32. The number of nitrogens with zero attached hydrogens (tertiary/aromatic N) is 1. The lowest BCUT2D eigenvalue weighted by atomic mass is 9.93. The van der Waals surface area contributed by atoms with Crippen molar-refractivity contribution < 1.29 is 4.79 Å². The van der Waals surface area contributed by atoms with E-state index in [1.807, 2.05) is 30.5 Å². The summed E-state index contributed by atoms with van der Waals surface area (Å²) >= 11 is 0. The lowest BCUT2D eigenvalue weighted by molar-refractivity contribution is 0.101. The number of amides is 1. The number of carbonyl (C=O) groups excluding carboxylic acids is 1. The topological polar surface area (TPSA) is 60.0 Å². The Morgan fingerprint density at radius 1 is 1.21 bits per heavy atom. The molecule has 3 rings (SSSR count). The van der Waals surface area contributed by atoms with Crippen LogP contribution in [0.4, 0.5) is 11.4 Å². The quantitative estimate of drug-likeness (QED) is 0.828. The molecule has 2 aromatic rings. The molecule has 4 nitrogen and oxygen atoms in total. The van der Waals surface area contributed by atoms with Gasteiger partial charge in [0.2, 0.25) is 0 Å². The fourth-order valence-electron chi connectivity index (χ4n) is 2.33. The predicted octanol–water partition coefficient (Wildman–Crippen LogP) is 3.05. The van der Waals surface area contributed by atoms with Gasteiger partial charge < -0.3 is 15.6 Å². The number of nitrogen functional groups attached to an aromatic ring is 1. The second-order valence-corrected chi connectivity index (χ2v) is 4.96. The van der Waals surface area contributed by atoms with Crippen molar-refractivity contribution in [2.45, 2.75) is 25.3 Å². The van der Waals surface area contributed by atoms with Crippen LogP contribution in [0.25, 0.3) is 0 Å². The Balaban J connectivity index is 1.76. The summed E-state index contributed by atoms with van der Waals surface area (Å²) in [6.07, 6.45) is 5.57. The Morgan fingerprint density at radius 2 is 1.95 bits per heavy atom. The number of benzene rings is 1. The van der Waals surface area contributed by atoms with Gasteiger partial charge in [0.1, 0.15) is 5.69 Å². The van der Waals surface area contributed by atoms with Gasteiger partial charge in [0.15, 0.2) is 0 Å². The Kier molecular flexibility index (Phi) is 2.99. The number of carbonyl (C=O) groups is 1. The van der Waals surface area contributed by atoms with Crippen molar-refractivity contribution >= 4 is 17.3 Å². The molecular weight excluding hydrogens is 238 g/mol. The molecule has 4 heteroatoms. The minimum atomic E-state index is -0.0679. The van der Waals surface area contributed by atoms with Gasteiger partial charge in [-0.05, 0) is 55.7 Å². The number of nitrogens with two attached hydrogens (primary N) is 1. The van der Waals surface area contributed by atoms with Crippen LogP contribution in [0.3, 0.4) is 0 Å². The molecule has 19 heavy (non-hydrogen) atoms. The highest BCUT2D eigenvalue weighted by molar-refractivity contribution is 6.03. The average molecular weight is 255 g/mol. The van der Waals surface area contributed by atoms with Crippen molar-refractivity contribution in [1.82, 2.24) is 4.57 Å². The summed E-state index contributed by atoms with van der Waals surface area (Å²) in [6, 6.07) is 11.5. The van der Waals surface area contributed by atoms with Crippen LogP contribution >= 0.6 is 0 Å². The van der Waals surface area contributed by atoms with E-state index < -0.39 is 0 Å². The first-order chi connectivity index (χ1) is 9.24. The molecule has 0 aliphatic heterocycles. The standard InChI is InChI=1S/C15H17N3O/c16-11-6-8-12(9-7-11)17-15(19)14-5-2-10-18(14)13-3-1-4-13/h2,5-10,13H,1,3-4,16H2,(H,17,19). The number of hydrogen-bond acceptors (Lipinski definition) is 2. The van der Waals surface area contributed by atoms with Gasteiger partial charge in [-0.1, -0.05) is 0 Å². The third kappa shape index (κ3) is 2.34. The van der Waals surface area contributed by atoms with E-state index in [0.29, 0.717) is 11.7 Å². The predicted molar refractivity (Wildman–Crippen MR) is 76.1 cm³/mol. The van der Waals surface area contributed by atoms with Crippen LogP contribution in [-0.2, 0) is 0 Å². The molecule has 1 aliphatic carbocycles. The molecule has 0 bridgehead atoms. The van der Waals surface area contributed by atoms with Gasteiger partial charge in [-0.3, -0.25) is 4.79 Å². The molecule has 0 atom stereocenters. The van der Waals surface area contributed by atoms with Crippen LogP contribution in [0.5, 0.6) is 0 Å². The minimum Gasteiger partial charge on any atom is -0.399 e. The van der Waals surface area contributed by atoms with E-state index in [2.05, 4.69) is 9.88 Å². The second-order valence-electron chi connectivity index (χ2n) is 4.96.